The minimum absolute atomic E-state index is 0.627. The van der Waals surface area contributed by atoms with Crippen LogP contribution >= 0.6 is 0 Å². The van der Waals surface area contributed by atoms with E-state index in [4.69, 9.17) is 14.2 Å². The molecule has 2 N–H and O–H groups in total. The molecular weight excluding hydrogens is 342 g/mol. The molecule has 0 bridgehead atoms. The van der Waals surface area contributed by atoms with Crippen molar-refractivity contribution in [3.63, 3.8) is 0 Å². The van der Waals surface area contributed by atoms with Crippen LogP contribution in [0.1, 0.15) is 18.9 Å². The van der Waals surface area contributed by atoms with Crippen LogP contribution in [0, 0.1) is 0 Å². The molecule has 0 aromatic heterocycles. The smallest absolute Gasteiger partial charge is 0.191 e. The van der Waals surface area contributed by atoms with Crippen LogP contribution in [0.15, 0.2) is 41.4 Å². The molecule has 2 aromatic rings. The van der Waals surface area contributed by atoms with Gasteiger partial charge >= 0.3 is 0 Å². The first-order valence-electron chi connectivity index (χ1n) is 9.42. The summed E-state index contributed by atoms with van der Waals surface area (Å²) >= 11 is 0. The van der Waals surface area contributed by atoms with Gasteiger partial charge < -0.3 is 24.8 Å². The zero-order chi connectivity index (χ0) is 19.3. The topological polar surface area (TPSA) is 64.1 Å². The number of fused-ring (bicyclic) bond motifs is 1. The summed E-state index contributed by atoms with van der Waals surface area (Å²) in [6, 6.07) is 12.5. The van der Waals surface area contributed by atoms with E-state index >= 15 is 0 Å². The van der Waals surface area contributed by atoms with Gasteiger partial charge in [0.2, 0.25) is 0 Å². The fourth-order valence-corrected chi connectivity index (χ4v) is 2.64. The second kappa shape index (κ2) is 12.1. The molecule has 0 saturated carbocycles. The first-order chi connectivity index (χ1) is 13.3. The minimum Gasteiger partial charge on any atom is -0.497 e. The Labute approximate surface area is 161 Å². The SMILES string of the molecule is CCNC(=NCc1ccc2cc(OC)ccc2c1)NCCCOCCOC. The lowest BCUT2D eigenvalue weighted by atomic mass is 10.1. The number of benzene rings is 2. The van der Waals surface area contributed by atoms with E-state index in [0.29, 0.717) is 26.4 Å². The molecule has 2 rings (SSSR count). The first kappa shape index (κ1) is 21.0. The normalized spacial score (nSPS) is 11.6. The van der Waals surface area contributed by atoms with Crippen LogP contribution in [-0.2, 0) is 16.0 Å². The monoisotopic (exact) mass is 373 g/mol. The van der Waals surface area contributed by atoms with E-state index in [9.17, 15) is 0 Å². The van der Waals surface area contributed by atoms with E-state index in [-0.39, 0.29) is 0 Å². The summed E-state index contributed by atoms with van der Waals surface area (Å²) in [5.41, 5.74) is 1.17. The van der Waals surface area contributed by atoms with Gasteiger partial charge in [-0.05, 0) is 47.9 Å². The van der Waals surface area contributed by atoms with Crippen LogP contribution in [0.3, 0.4) is 0 Å². The molecule has 0 radical (unpaired) electrons. The highest BCUT2D eigenvalue weighted by molar-refractivity contribution is 5.84. The third-order valence-corrected chi connectivity index (χ3v) is 4.07. The molecule has 0 heterocycles. The average Bonchev–Trinajstić information content (AvgIpc) is 2.70. The Bertz CT molecular complexity index is 719. The molecular formula is C21H31N3O3. The van der Waals surface area contributed by atoms with Crippen LogP contribution in [0.5, 0.6) is 5.75 Å². The van der Waals surface area contributed by atoms with Gasteiger partial charge in [-0.1, -0.05) is 18.2 Å². The van der Waals surface area contributed by atoms with Gasteiger partial charge in [-0.25, -0.2) is 4.99 Å². The summed E-state index contributed by atoms with van der Waals surface area (Å²) in [5.74, 6) is 1.70. The van der Waals surface area contributed by atoms with E-state index < -0.39 is 0 Å². The van der Waals surface area contributed by atoms with Crippen LogP contribution in [0.25, 0.3) is 10.8 Å². The van der Waals surface area contributed by atoms with Crippen LogP contribution in [0.2, 0.25) is 0 Å². The predicted molar refractivity (Wildman–Crippen MR) is 111 cm³/mol. The van der Waals surface area contributed by atoms with Gasteiger partial charge in [0.05, 0.1) is 26.9 Å². The lowest BCUT2D eigenvalue weighted by Crippen LogP contribution is -2.38. The highest BCUT2D eigenvalue weighted by Crippen LogP contribution is 2.22. The van der Waals surface area contributed by atoms with Crippen LogP contribution in [0.4, 0.5) is 0 Å². The predicted octanol–water partition coefficient (Wildman–Crippen LogP) is 2.96. The van der Waals surface area contributed by atoms with E-state index in [2.05, 4.69) is 46.8 Å². The van der Waals surface area contributed by atoms with Gasteiger partial charge in [0.1, 0.15) is 5.75 Å². The van der Waals surface area contributed by atoms with E-state index in [1.54, 1.807) is 14.2 Å². The van der Waals surface area contributed by atoms with Crippen LogP contribution < -0.4 is 15.4 Å². The number of nitrogens with zero attached hydrogens (tertiary/aromatic N) is 1. The number of hydrogen-bond acceptors (Lipinski definition) is 4. The van der Waals surface area contributed by atoms with Crippen molar-refractivity contribution in [1.29, 1.82) is 0 Å². The number of aliphatic imine (C=N–C) groups is 1. The zero-order valence-electron chi connectivity index (χ0n) is 16.6. The van der Waals surface area contributed by atoms with Gasteiger partial charge in [0, 0.05) is 26.8 Å². The van der Waals surface area contributed by atoms with Crippen molar-refractivity contribution >= 4 is 16.7 Å². The first-order valence-corrected chi connectivity index (χ1v) is 9.42. The lowest BCUT2D eigenvalue weighted by Gasteiger charge is -2.11. The number of methoxy groups -OCH3 is 2. The minimum atomic E-state index is 0.627. The van der Waals surface area contributed by atoms with E-state index in [1.807, 2.05) is 12.1 Å². The molecule has 0 unspecified atom stereocenters. The quantitative estimate of drug-likeness (QED) is 0.360. The van der Waals surface area contributed by atoms with Gasteiger partial charge in [0.15, 0.2) is 5.96 Å². The van der Waals surface area contributed by atoms with Crippen molar-refractivity contribution in [3.8, 4) is 5.75 Å². The number of ether oxygens (including phenoxy) is 3. The van der Waals surface area contributed by atoms with Crippen molar-refractivity contribution < 1.29 is 14.2 Å². The second-order valence-corrected chi connectivity index (χ2v) is 6.13. The summed E-state index contributed by atoms with van der Waals surface area (Å²) in [5, 5.41) is 8.98. The Balaban J connectivity index is 1.86. The Morgan fingerprint density at radius 3 is 2.56 bits per heavy atom. The molecule has 27 heavy (non-hydrogen) atoms. The molecule has 6 heteroatoms. The molecule has 0 atom stereocenters. The van der Waals surface area contributed by atoms with E-state index in [0.717, 1.165) is 31.2 Å². The molecule has 0 spiro atoms. The number of rotatable bonds is 11. The summed E-state index contributed by atoms with van der Waals surface area (Å²) in [4.78, 5) is 4.68. The van der Waals surface area contributed by atoms with Crippen molar-refractivity contribution in [3.05, 3.63) is 42.0 Å². The molecule has 0 aliphatic heterocycles. The number of guanidine groups is 1. The molecule has 6 nitrogen and oxygen atoms in total. The average molecular weight is 373 g/mol. The van der Waals surface area contributed by atoms with Crippen molar-refractivity contribution in [2.75, 3.05) is 47.1 Å². The second-order valence-electron chi connectivity index (χ2n) is 6.13. The maximum atomic E-state index is 5.47. The summed E-state index contributed by atoms with van der Waals surface area (Å²) in [7, 11) is 3.36. The molecule has 0 amide bonds. The molecule has 0 aliphatic rings. The highest BCUT2D eigenvalue weighted by Gasteiger charge is 2.01. The summed E-state index contributed by atoms with van der Waals surface area (Å²) in [6.07, 6.45) is 0.923. The van der Waals surface area contributed by atoms with Crippen molar-refractivity contribution in [1.82, 2.24) is 10.6 Å². The summed E-state index contributed by atoms with van der Waals surface area (Å²) < 4.78 is 15.7. The highest BCUT2D eigenvalue weighted by atomic mass is 16.5. The Kier molecular flexibility index (Phi) is 9.44. The maximum absolute atomic E-state index is 5.47. The summed E-state index contributed by atoms with van der Waals surface area (Å²) in [6.45, 7) is 6.32. The Morgan fingerprint density at radius 1 is 0.963 bits per heavy atom. The fourth-order valence-electron chi connectivity index (χ4n) is 2.64. The van der Waals surface area contributed by atoms with Gasteiger partial charge in [-0.3, -0.25) is 0 Å². The molecule has 2 aromatic carbocycles. The molecule has 0 saturated heterocycles. The third kappa shape index (κ3) is 7.45. The molecule has 148 valence electrons. The maximum Gasteiger partial charge on any atom is 0.191 e. The fraction of sp³-hybridized carbons (Fsp3) is 0.476. The zero-order valence-corrected chi connectivity index (χ0v) is 16.6. The number of nitrogens with one attached hydrogen (secondary N) is 2. The van der Waals surface area contributed by atoms with Gasteiger partial charge in [-0.15, -0.1) is 0 Å². The largest absolute Gasteiger partial charge is 0.497 e. The Hall–Kier alpha value is -2.31. The number of hydrogen-bond donors (Lipinski definition) is 2. The lowest BCUT2D eigenvalue weighted by molar-refractivity contribution is 0.0698. The van der Waals surface area contributed by atoms with Gasteiger partial charge in [-0.2, -0.15) is 0 Å². The standard InChI is InChI=1S/C21H31N3O3/c1-4-22-21(23-10-5-11-27-13-12-25-2)24-16-17-6-7-19-15-20(26-3)9-8-18(19)14-17/h6-9,14-15H,4-5,10-13,16H2,1-3H3,(H2,22,23,24). The Morgan fingerprint density at radius 2 is 1.78 bits per heavy atom. The third-order valence-electron chi connectivity index (χ3n) is 4.07. The molecule has 0 fully saturated rings. The van der Waals surface area contributed by atoms with Gasteiger partial charge in [0.25, 0.3) is 0 Å². The van der Waals surface area contributed by atoms with E-state index in [1.165, 1.54) is 16.3 Å². The van der Waals surface area contributed by atoms with Crippen molar-refractivity contribution in [2.45, 2.75) is 19.9 Å². The molecule has 0 aliphatic carbocycles. The van der Waals surface area contributed by atoms with Crippen LogP contribution in [-0.4, -0.2) is 53.1 Å². The van der Waals surface area contributed by atoms with Crippen molar-refractivity contribution in [2.24, 2.45) is 4.99 Å².